The molecule has 2 heterocycles. The van der Waals surface area contributed by atoms with E-state index in [1.165, 1.54) is 11.0 Å². The van der Waals surface area contributed by atoms with Gasteiger partial charge in [0.25, 0.3) is 0 Å². The number of nitrogens with one attached hydrogen (secondary N) is 1. The monoisotopic (exact) mass is 341 g/mol. The fourth-order valence-electron chi connectivity index (χ4n) is 2.38. The van der Waals surface area contributed by atoms with Crippen LogP contribution in [0.25, 0.3) is 5.69 Å². The minimum Gasteiger partial charge on any atom is -0.463 e. The first kappa shape index (κ1) is 16.8. The number of aryl methyl sites for hydroxylation is 1. The summed E-state index contributed by atoms with van der Waals surface area (Å²) in [5.41, 5.74) is 0.404. The lowest BCUT2D eigenvalue weighted by Crippen LogP contribution is -2.39. The molecule has 8 heteroatoms. The van der Waals surface area contributed by atoms with E-state index in [1.807, 2.05) is 24.3 Å². The van der Waals surface area contributed by atoms with Crippen LogP contribution in [0.15, 0.2) is 47.1 Å². The van der Waals surface area contributed by atoms with Gasteiger partial charge in [0.15, 0.2) is 0 Å². The number of benzene rings is 1. The number of hydrogen-bond acceptors (Lipinski definition) is 6. The number of aromatic nitrogens is 4. The summed E-state index contributed by atoms with van der Waals surface area (Å²) in [5, 5.41) is 24.1. The highest BCUT2D eigenvalue weighted by Crippen LogP contribution is 2.22. The Morgan fingerprint density at radius 1 is 1.28 bits per heavy atom. The number of carbonyl (C=O) groups is 1. The van der Waals surface area contributed by atoms with Gasteiger partial charge in [0.05, 0.1) is 18.7 Å². The Bertz CT molecular complexity index is 838. The quantitative estimate of drug-likeness (QED) is 0.696. The van der Waals surface area contributed by atoms with E-state index >= 15 is 0 Å². The van der Waals surface area contributed by atoms with Crippen molar-refractivity contribution < 1.29 is 14.3 Å². The second-order valence-electron chi connectivity index (χ2n) is 6.06. The van der Waals surface area contributed by atoms with Crippen molar-refractivity contribution in [1.29, 1.82) is 0 Å². The average Bonchev–Trinajstić information content (AvgIpc) is 3.26. The number of aliphatic hydroxyl groups is 1. The van der Waals surface area contributed by atoms with Crippen LogP contribution in [0.4, 0.5) is 0 Å². The summed E-state index contributed by atoms with van der Waals surface area (Å²) in [6, 6.07) is 10.8. The summed E-state index contributed by atoms with van der Waals surface area (Å²) in [4.78, 5) is 12.1. The summed E-state index contributed by atoms with van der Waals surface area (Å²) in [6.45, 7) is 3.48. The zero-order chi connectivity index (χ0) is 17.9. The molecule has 25 heavy (non-hydrogen) atoms. The Hall–Kier alpha value is -3.00. The van der Waals surface area contributed by atoms with E-state index in [0.29, 0.717) is 11.5 Å². The van der Waals surface area contributed by atoms with Crippen LogP contribution in [0.3, 0.4) is 0 Å². The minimum absolute atomic E-state index is 0.0709. The number of rotatable bonds is 6. The Kier molecular flexibility index (Phi) is 4.62. The summed E-state index contributed by atoms with van der Waals surface area (Å²) in [7, 11) is 0. The van der Waals surface area contributed by atoms with E-state index in [4.69, 9.17) is 4.42 Å². The molecule has 2 N–H and O–H groups in total. The predicted octanol–water partition coefficient (Wildman–Crippen LogP) is 1.13. The maximum Gasteiger partial charge on any atom is 0.224 e. The molecule has 0 bridgehead atoms. The Labute approximate surface area is 144 Å². The van der Waals surface area contributed by atoms with Crippen molar-refractivity contribution in [2.24, 2.45) is 0 Å². The molecule has 2 aromatic heterocycles. The second kappa shape index (κ2) is 6.86. The van der Waals surface area contributed by atoms with Crippen LogP contribution in [0.1, 0.15) is 24.0 Å². The fraction of sp³-hybridized carbons (Fsp3) is 0.294. The van der Waals surface area contributed by atoms with E-state index in [1.54, 1.807) is 26.0 Å². The van der Waals surface area contributed by atoms with Gasteiger partial charge in [-0.05, 0) is 54.1 Å². The van der Waals surface area contributed by atoms with Gasteiger partial charge in [-0.25, -0.2) is 4.68 Å². The number of amides is 1. The van der Waals surface area contributed by atoms with Crippen LogP contribution >= 0.6 is 0 Å². The Balaban J connectivity index is 1.55. The van der Waals surface area contributed by atoms with Crippen LogP contribution in [-0.4, -0.2) is 37.8 Å². The Morgan fingerprint density at radius 2 is 2.04 bits per heavy atom. The van der Waals surface area contributed by atoms with Crippen molar-refractivity contribution >= 4 is 5.91 Å². The highest BCUT2D eigenvalue weighted by atomic mass is 16.4. The first-order valence-corrected chi connectivity index (χ1v) is 7.82. The SMILES string of the molecule is Cc1ccc(C(C)(O)CNC(=O)Cc2ccc(-n3cnnn3)cc2)o1. The third kappa shape index (κ3) is 4.10. The van der Waals surface area contributed by atoms with Gasteiger partial charge in [-0.3, -0.25) is 4.79 Å². The molecule has 3 rings (SSSR count). The maximum absolute atomic E-state index is 12.1. The maximum atomic E-state index is 12.1. The van der Waals surface area contributed by atoms with Crippen molar-refractivity contribution in [2.75, 3.05) is 6.54 Å². The number of carbonyl (C=O) groups excluding carboxylic acids is 1. The van der Waals surface area contributed by atoms with Crippen molar-refractivity contribution in [3.05, 3.63) is 59.8 Å². The normalized spacial score (nSPS) is 13.4. The van der Waals surface area contributed by atoms with E-state index in [9.17, 15) is 9.90 Å². The number of furan rings is 1. The van der Waals surface area contributed by atoms with E-state index in [0.717, 1.165) is 11.3 Å². The summed E-state index contributed by atoms with van der Waals surface area (Å²) in [6.07, 6.45) is 1.71. The van der Waals surface area contributed by atoms with Gasteiger partial charge in [0, 0.05) is 0 Å². The number of nitrogens with zero attached hydrogens (tertiary/aromatic N) is 4. The summed E-state index contributed by atoms with van der Waals surface area (Å²) >= 11 is 0. The molecule has 0 aliphatic heterocycles. The van der Waals surface area contributed by atoms with Gasteiger partial charge < -0.3 is 14.8 Å². The first-order chi connectivity index (χ1) is 11.9. The highest BCUT2D eigenvalue weighted by Gasteiger charge is 2.27. The molecule has 0 aliphatic carbocycles. The zero-order valence-corrected chi connectivity index (χ0v) is 14.0. The van der Waals surface area contributed by atoms with Crippen molar-refractivity contribution in [3.8, 4) is 5.69 Å². The average molecular weight is 341 g/mol. The largest absolute Gasteiger partial charge is 0.463 e. The molecule has 1 atom stereocenters. The van der Waals surface area contributed by atoms with Crippen LogP contribution in [-0.2, 0) is 16.8 Å². The molecule has 8 nitrogen and oxygen atoms in total. The molecular weight excluding hydrogens is 322 g/mol. The van der Waals surface area contributed by atoms with Crippen LogP contribution in [0, 0.1) is 6.92 Å². The van der Waals surface area contributed by atoms with Crippen molar-refractivity contribution in [1.82, 2.24) is 25.5 Å². The topological polar surface area (TPSA) is 106 Å². The molecule has 1 unspecified atom stereocenters. The van der Waals surface area contributed by atoms with Gasteiger partial charge in [-0.15, -0.1) is 5.10 Å². The minimum atomic E-state index is -1.26. The molecule has 0 saturated heterocycles. The van der Waals surface area contributed by atoms with Gasteiger partial charge in [0.1, 0.15) is 23.4 Å². The second-order valence-corrected chi connectivity index (χ2v) is 6.06. The molecule has 3 aromatic rings. The van der Waals surface area contributed by atoms with Crippen LogP contribution in [0.5, 0.6) is 0 Å². The number of hydrogen-bond donors (Lipinski definition) is 2. The summed E-state index contributed by atoms with van der Waals surface area (Å²) in [5.74, 6) is 0.957. The predicted molar refractivity (Wildman–Crippen MR) is 88.9 cm³/mol. The van der Waals surface area contributed by atoms with E-state index in [-0.39, 0.29) is 18.9 Å². The standard InChI is InChI=1S/C17H19N5O3/c1-12-3-8-15(25-12)17(2,24)10-18-16(23)9-13-4-6-14(7-5-13)22-11-19-20-21-22/h3-8,11,24H,9-10H2,1-2H3,(H,18,23). The van der Waals surface area contributed by atoms with E-state index in [2.05, 4.69) is 20.8 Å². The lowest BCUT2D eigenvalue weighted by Gasteiger charge is -2.21. The third-order valence-electron chi connectivity index (χ3n) is 3.82. The summed E-state index contributed by atoms with van der Waals surface area (Å²) < 4.78 is 6.96. The molecule has 1 amide bonds. The molecule has 0 fully saturated rings. The Morgan fingerprint density at radius 3 is 2.64 bits per heavy atom. The van der Waals surface area contributed by atoms with Crippen molar-refractivity contribution in [3.63, 3.8) is 0 Å². The molecule has 0 saturated carbocycles. The third-order valence-corrected chi connectivity index (χ3v) is 3.82. The zero-order valence-electron chi connectivity index (χ0n) is 14.0. The van der Waals surface area contributed by atoms with E-state index < -0.39 is 5.60 Å². The van der Waals surface area contributed by atoms with Crippen LogP contribution < -0.4 is 5.32 Å². The molecule has 0 aliphatic rings. The van der Waals surface area contributed by atoms with Gasteiger partial charge in [-0.1, -0.05) is 12.1 Å². The van der Waals surface area contributed by atoms with Gasteiger partial charge in [0.2, 0.25) is 5.91 Å². The lowest BCUT2D eigenvalue weighted by atomic mass is 10.0. The molecule has 0 spiro atoms. The molecule has 130 valence electrons. The van der Waals surface area contributed by atoms with Crippen molar-refractivity contribution in [2.45, 2.75) is 25.9 Å². The first-order valence-electron chi connectivity index (χ1n) is 7.82. The van der Waals surface area contributed by atoms with Crippen LogP contribution in [0.2, 0.25) is 0 Å². The number of tetrazole rings is 1. The molecule has 0 radical (unpaired) electrons. The fourth-order valence-corrected chi connectivity index (χ4v) is 2.38. The smallest absolute Gasteiger partial charge is 0.224 e. The van der Waals surface area contributed by atoms with Gasteiger partial charge in [-0.2, -0.15) is 0 Å². The van der Waals surface area contributed by atoms with Gasteiger partial charge >= 0.3 is 0 Å². The molecular formula is C17H19N5O3. The highest BCUT2D eigenvalue weighted by molar-refractivity contribution is 5.78. The lowest BCUT2D eigenvalue weighted by molar-refractivity contribution is -0.121. The molecule has 1 aromatic carbocycles.